The first-order valence-corrected chi connectivity index (χ1v) is 6.81. The monoisotopic (exact) mass is 258 g/mol. The third kappa shape index (κ3) is 3.06. The molecule has 2 rings (SSSR count). The Labute approximate surface area is 114 Å². The van der Waals surface area contributed by atoms with Gasteiger partial charge < -0.3 is 4.42 Å². The van der Waals surface area contributed by atoms with E-state index in [2.05, 4.69) is 43.5 Å². The molecule has 3 atom stereocenters. The minimum absolute atomic E-state index is 0.0658. The van der Waals surface area contributed by atoms with Crippen LogP contribution in [-0.4, -0.2) is 0 Å². The standard InChI is InChI=1S/C16H22N2O/c1-3-12(2)15(13-7-5-4-6-8-13)16(18-17)14-9-10-19-11-14/h4-12,15-16,18H,3,17H2,1-2H3. The van der Waals surface area contributed by atoms with Crippen molar-refractivity contribution in [1.29, 1.82) is 0 Å². The lowest BCUT2D eigenvalue weighted by Gasteiger charge is -2.31. The van der Waals surface area contributed by atoms with Gasteiger partial charge in [0.1, 0.15) is 0 Å². The van der Waals surface area contributed by atoms with E-state index in [-0.39, 0.29) is 6.04 Å². The van der Waals surface area contributed by atoms with E-state index in [1.807, 2.05) is 12.1 Å². The quantitative estimate of drug-likeness (QED) is 0.614. The lowest BCUT2D eigenvalue weighted by molar-refractivity contribution is 0.341. The first kappa shape index (κ1) is 13.8. The van der Waals surface area contributed by atoms with E-state index in [9.17, 15) is 0 Å². The van der Waals surface area contributed by atoms with Crippen LogP contribution < -0.4 is 11.3 Å². The minimum Gasteiger partial charge on any atom is -0.472 e. The zero-order chi connectivity index (χ0) is 13.7. The number of benzene rings is 1. The lowest BCUT2D eigenvalue weighted by atomic mass is 9.78. The first-order valence-electron chi connectivity index (χ1n) is 6.81. The second-order valence-electron chi connectivity index (χ2n) is 5.02. The van der Waals surface area contributed by atoms with Gasteiger partial charge in [-0.1, -0.05) is 50.6 Å². The largest absolute Gasteiger partial charge is 0.472 e. The third-order valence-corrected chi connectivity index (χ3v) is 3.88. The van der Waals surface area contributed by atoms with Crippen molar-refractivity contribution in [3.63, 3.8) is 0 Å². The summed E-state index contributed by atoms with van der Waals surface area (Å²) < 4.78 is 5.20. The number of furan rings is 1. The van der Waals surface area contributed by atoms with Crippen LogP contribution in [0.1, 0.15) is 43.4 Å². The highest BCUT2D eigenvalue weighted by Gasteiger charge is 2.28. The maximum Gasteiger partial charge on any atom is 0.0951 e. The van der Waals surface area contributed by atoms with E-state index in [4.69, 9.17) is 10.3 Å². The Bertz CT molecular complexity index is 467. The molecule has 19 heavy (non-hydrogen) atoms. The van der Waals surface area contributed by atoms with Crippen LogP contribution in [-0.2, 0) is 0 Å². The molecule has 0 aliphatic carbocycles. The molecule has 1 aromatic carbocycles. The molecule has 0 bridgehead atoms. The van der Waals surface area contributed by atoms with Crippen molar-refractivity contribution in [2.75, 3.05) is 0 Å². The van der Waals surface area contributed by atoms with Gasteiger partial charge in [-0.3, -0.25) is 11.3 Å². The molecule has 0 aliphatic heterocycles. The van der Waals surface area contributed by atoms with Crippen molar-refractivity contribution in [3.8, 4) is 0 Å². The fraction of sp³-hybridized carbons (Fsp3) is 0.375. The molecule has 3 heteroatoms. The lowest BCUT2D eigenvalue weighted by Crippen LogP contribution is -2.34. The normalized spacial score (nSPS) is 15.9. The molecule has 3 unspecified atom stereocenters. The van der Waals surface area contributed by atoms with Crippen LogP contribution in [0.3, 0.4) is 0 Å². The Morgan fingerprint density at radius 3 is 2.42 bits per heavy atom. The Kier molecular flexibility index (Phi) is 4.77. The first-order chi connectivity index (χ1) is 9.27. The number of hydrogen-bond donors (Lipinski definition) is 2. The van der Waals surface area contributed by atoms with E-state index >= 15 is 0 Å². The molecule has 0 fully saturated rings. The maximum absolute atomic E-state index is 5.80. The average molecular weight is 258 g/mol. The van der Waals surface area contributed by atoms with Crippen LogP contribution in [0.2, 0.25) is 0 Å². The Balaban J connectivity index is 2.37. The number of nitrogens with two attached hydrogens (primary N) is 1. The van der Waals surface area contributed by atoms with Crippen LogP contribution in [0.4, 0.5) is 0 Å². The topological polar surface area (TPSA) is 51.2 Å². The summed E-state index contributed by atoms with van der Waals surface area (Å²) in [5, 5.41) is 0. The molecule has 1 heterocycles. The number of nitrogens with one attached hydrogen (secondary N) is 1. The van der Waals surface area contributed by atoms with Crippen molar-refractivity contribution in [2.45, 2.75) is 32.2 Å². The van der Waals surface area contributed by atoms with Gasteiger partial charge >= 0.3 is 0 Å². The van der Waals surface area contributed by atoms with Gasteiger partial charge in [0.05, 0.1) is 18.6 Å². The summed E-state index contributed by atoms with van der Waals surface area (Å²) in [7, 11) is 0. The summed E-state index contributed by atoms with van der Waals surface area (Å²) in [5.74, 6) is 6.66. The highest BCUT2D eigenvalue weighted by atomic mass is 16.3. The second kappa shape index (κ2) is 6.55. The van der Waals surface area contributed by atoms with Crippen LogP contribution in [0.15, 0.2) is 53.3 Å². The zero-order valence-electron chi connectivity index (χ0n) is 11.5. The molecular weight excluding hydrogens is 236 g/mol. The Morgan fingerprint density at radius 2 is 1.89 bits per heavy atom. The fourth-order valence-corrected chi connectivity index (χ4v) is 2.64. The second-order valence-corrected chi connectivity index (χ2v) is 5.02. The van der Waals surface area contributed by atoms with Gasteiger partial charge in [0, 0.05) is 11.5 Å². The summed E-state index contributed by atoms with van der Waals surface area (Å²) >= 11 is 0. The summed E-state index contributed by atoms with van der Waals surface area (Å²) in [5.41, 5.74) is 5.36. The van der Waals surface area contributed by atoms with Crippen LogP contribution in [0.25, 0.3) is 0 Å². The Hall–Kier alpha value is -1.58. The molecule has 102 valence electrons. The number of rotatable bonds is 6. The summed E-state index contributed by atoms with van der Waals surface area (Å²) in [6.07, 6.45) is 4.57. The van der Waals surface area contributed by atoms with Crippen molar-refractivity contribution >= 4 is 0 Å². The molecule has 0 saturated carbocycles. The summed E-state index contributed by atoms with van der Waals surface area (Å²) in [6.45, 7) is 4.48. The van der Waals surface area contributed by atoms with Gasteiger partial charge in [-0.2, -0.15) is 0 Å². The van der Waals surface area contributed by atoms with E-state index in [0.29, 0.717) is 11.8 Å². The number of hydrogen-bond acceptors (Lipinski definition) is 3. The van der Waals surface area contributed by atoms with Crippen LogP contribution in [0.5, 0.6) is 0 Å². The fourth-order valence-electron chi connectivity index (χ4n) is 2.64. The van der Waals surface area contributed by atoms with Crippen LogP contribution in [0, 0.1) is 5.92 Å². The SMILES string of the molecule is CCC(C)C(c1ccccc1)C(NN)c1ccoc1. The van der Waals surface area contributed by atoms with E-state index in [1.165, 1.54) is 5.56 Å². The third-order valence-electron chi connectivity index (χ3n) is 3.88. The Morgan fingerprint density at radius 1 is 1.16 bits per heavy atom. The molecule has 0 aliphatic rings. The average Bonchev–Trinajstić information content (AvgIpc) is 2.98. The van der Waals surface area contributed by atoms with Gasteiger partial charge in [0.25, 0.3) is 0 Å². The van der Waals surface area contributed by atoms with Gasteiger partial charge in [0.15, 0.2) is 0 Å². The van der Waals surface area contributed by atoms with Gasteiger partial charge in [-0.15, -0.1) is 0 Å². The molecule has 2 aromatic rings. The van der Waals surface area contributed by atoms with Crippen molar-refractivity contribution in [2.24, 2.45) is 11.8 Å². The van der Waals surface area contributed by atoms with E-state index in [0.717, 1.165) is 12.0 Å². The summed E-state index contributed by atoms with van der Waals surface area (Å²) in [4.78, 5) is 0. The molecule has 0 radical (unpaired) electrons. The number of hydrazine groups is 1. The minimum atomic E-state index is 0.0658. The molecule has 0 saturated heterocycles. The van der Waals surface area contributed by atoms with E-state index in [1.54, 1.807) is 12.5 Å². The van der Waals surface area contributed by atoms with Crippen molar-refractivity contribution < 1.29 is 4.42 Å². The molecule has 0 amide bonds. The molecule has 0 spiro atoms. The molecule has 3 N–H and O–H groups in total. The highest BCUT2D eigenvalue weighted by Crippen LogP contribution is 2.38. The van der Waals surface area contributed by atoms with Gasteiger partial charge in [0.2, 0.25) is 0 Å². The van der Waals surface area contributed by atoms with Gasteiger partial charge in [-0.25, -0.2) is 0 Å². The predicted molar refractivity (Wildman–Crippen MR) is 77.4 cm³/mol. The van der Waals surface area contributed by atoms with Gasteiger partial charge in [-0.05, 0) is 17.5 Å². The van der Waals surface area contributed by atoms with Crippen LogP contribution >= 0.6 is 0 Å². The zero-order valence-corrected chi connectivity index (χ0v) is 11.5. The molecule has 1 aromatic heterocycles. The van der Waals surface area contributed by atoms with Crippen molar-refractivity contribution in [3.05, 3.63) is 60.1 Å². The van der Waals surface area contributed by atoms with E-state index < -0.39 is 0 Å². The smallest absolute Gasteiger partial charge is 0.0951 e. The molecular formula is C16H22N2O. The summed E-state index contributed by atoms with van der Waals surface area (Å²) in [6, 6.07) is 12.6. The maximum atomic E-state index is 5.80. The highest BCUT2D eigenvalue weighted by molar-refractivity contribution is 5.26. The molecule has 3 nitrogen and oxygen atoms in total. The van der Waals surface area contributed by atoms with Crippen molar-refractivity contribution in [1.82, 2.24) is 5.43 Å². The predicted octanol–water partition coefficient (Wildman–Crippen LogP) is 3.61.